The topological polar surface area (TPSA) is 35.5 Å². The third kappa shape index (κ3) is 4.81. The summed E-state index contributed by atoms with van der Waals surface area (Å²) < 4.78 is 9.18. The zero-order valence-corrected chi connectivity index (χ0v) is 7.13. The summed E-state index contributed by atoms with van der Waals surface area (Å²) in [7, 11) is 1.26. The van der Waals surface area contributed by atoms with Crippen LogP contribution < -0.4 is 0 Å². The molecule has 0 saturated carbocycles. The number of hydrogen-bond donors (Lipinski definition) is 0. The van der Waals surface area contributed by atoms with Crippen LogP contribution in [0.4, 0.5) is 0 Å². The first-order valence-corrected chi connectivity index (χ1v) is 3.60. The molecule has 0 rings (SSSR count). The van der Waals surface area contributed by atoms with E-state index in [2.05, 4.69) is 11.3 Å². The minimum absolute atomic E-state index is 0.382. The maximum absolute atomic E-state index is 10.6. The fourth-order valence-corrected chi connectivity index (χ4v) is 0.594. The van der Waals surface area contributed by atoms with Crippen molar-refractivity contribution >= 4 is 17.6 Å². The molecule has 0 fully saturated rings. The fourth-order valence-electron chi connectivity index (χ4n) is 0.416. The van der Waals surface area contributed by atoms with E-state index in [1.807, 2.05) is 0 Å². The molecule has 0 aromatic carbocycles. The number of rotatable bonds is 5. The summed E-state index contributed by atoms with van der Waals surface area (Å²) in [6, 6.07) is 0. The van der Waals surface area contributed by atoms with Crippen LogP contribution in [-0.4, -0.2) is 25.2 Å². The van der Waals surface area contributed by atoms with Gasteiger partial charge in [-0.15, -0.1) is 6.58 Å². The summed E-state index contributed by atoms with van der Waals surface area (Å²) in [4.78, 5) is 10.6. The Hall–Kier alpha value is -0.540. The Morgan fingerprint density at radius 2 is 2.45 bits per heavy atom. The van der Waals surface area contributed by atoms with Crippen LogP contribution in [0.1, 0.15) is 6.42 Å². The van der Waals surface area contributed by atoms with Crippen LogP contribution in [0.2, 0.25) is 0 Å². The van der Waals surface area contributed by atoms with Gasteiger partial charge in [-0.05, 0) is 6.42 Å². The lowest BCUT2D eigenvalue weighted by atomic mass is 10.5. The smallest absolute Gasteiger partial charge is 0.350 e. The molecule has 0 aliphatic carbocycles. The van der Waals surface area contributed by atoms with E-state index in [4.69, 9.17) is 16.3 Å². The van der Waals surface area contributed by atoms with Crippen molar-refractivity contribution in [1.29, 1.82) is 0 Å². The number of carbonyl (C=O) groups excluding carboxylic acids is 1. The summed E-state index contributed by atoms with van der Waals surface area (Å²) in [5.41, 5.74) is -1.00. The van der Waals surface area contributed by atoms with Crippen molar-refractivity contribution in [2.75, 3.05) is 13.7 Å². The number of halogens is 1. The molecule has 0 spiro atoms. The Bertz CT molecular complexity index is 136. The third-order valence-electron chi connectivity index (χ3n) is 0.973. The van der Waals surface area contributed by atoms with Gasteiger partial charge in [-0.3, -0.25) is 0 Å². The molecule has 1 atom stereocenters. The van der Waals surface area contributed by atoms with Crippen LogP contribution in [0.5, 0.6) is 0 Å². The lowest BCUT2D eigenvalue weighted by molar-refractivity contribution is -0.148. The van der Waals surface area contributed by atoms with Crippen molar-refractivity contribution in [2.45, 2.75) is 12.0 Å². The minimum atomic E-state index is -1.00. The van der Waals surface area contributed by atoms with Gasteiger partial charge in [-0.25, -0.2) is 4.79 Å². The summed E-state index contributed by atoms with van der Waals surface area (Å²) in [6.45, 7) is 3.86. The van der Waals surface area contributed by atoms with Crippen molar-refractivity contribution in [1.82, 2.24) is 0 Å². The summed E-state index contributed by atoms with van der Waals surface area (Å²) in [6.07, 6.45) is 2.35. The first-order chi connectivity index (χ1) is 5.22. The van der Waals surface area contributed by atoms with E-state index < -0.39 is 11.5 Å². The van der Waals surface area contributed by atoms with E-state index in [0.717, 1.165) is 0 Å². The number of carbonyl (C=O) groups is 1. The molecule has 3 nitrogen and oxygen atoms in total. The van der Waals surface area contributed by atoms with E-state index >= 15 is 0 Å². The Morgan fingerprint density at radius 3 is 2.91 bits per heavy atom. The monoisotopic (exact) mass is 178 g/mol. The summed E-state index contributed by atoms with van der Waals surface area (Å²) in [5.74, 6) is -0.573. The third-order valence-corrected chi connectivity index (χ3v) is 1.28. The lowest BCUT2D eigenvalue weighted by Gasteiger charge is -2.06. The Kier molecular flexibility index (Phi) is 5.88. The molecule has 1 unspecified atom stereocenters. The molecule has 0 radical (unpaired) electrons. The maximum Gasteiger partial charge on any atom is 0.350 e. The molecule has 0 aromatic rings. The average molecular weight is 179 g/mol. The van der Waals surface area contributed by atoms with E-state index in [1.54, 1.807) is 6.08 Å². The molecule has 0 aliphatic rings. The Labute approximate surface area is 70.9 Å². The molecule has 11 heavy (non-hydrogen) atoms. The SMILES string of the molecule is C=CCCOC(Cl)C(=O)OC. The van der Waals surface area contributed by atoms with Gasteiger partial charge in [0.2, 0.25) is 5.56 Å². The van der Waals surface area contributed by atoms with Gasteiger partial charge in [0.15, 0.2) is 0 Å². The predicted octanol–water partition coefficient (Wildman–Crippen LogP) is 1.32. The second-order valence-corrected chi connectivity index (χ2v) is 2.18. The highest BCUT2D eigenvalue weighted by molar-refractivity contribution is 6.28. The van der Waals surface area contributed by atoms with E-state index in [-0.39, 0.29) is 0 Å². The van der Waals surface area contributed by atoms with Crippen molar-refractivity contribution in [2.24, 2.45) is 0 Å². The zero-order valence-electron chi connectivity index (χ0n) is 6.38. The maximum atomic E-state index is 10.6. The normalized spacial score (nSPS) is 12.2. The lowest BCUT2D eigenvalue weighted by Crippen LogP contribution is -2.19. The summed E-state index contributed by atoms with van der Waals surface area (Å²) >= 11 is 5.44. The number of hydrogen-bond acceptors (Lipinski definition) is 3. The van der Waals surface area contributed by atoms with Crippen LogP contribution in [0.15, 0.2) is 12.7 Å². The predicted molar refractivity (Wildman–Crippen MR) is 42.4 cm³/mol. The van der Waals surface area contributed by atoms with Crippen molar-refractivity contribution in [3.63, 3.8) is 0 Å². The molecule has 0 saturated heterocycles. The largest absolute Gasteiger partial charge is 0.466 e. The van der Waals surface area contributed by atoms with E-state index in [1.165, 1.54) is 7.11 Å². The molecule has 0 amide bonds. The fraction of sp³-hybridized carbons (Fsp3) is 0.571. The quantitative estimate of drug-likeness (QED) is 0.276. The first kappa shape index (κ1) is 10.5. The van der Waals surface area contributed by atoms with Crippen molar-refractivity contribution in [3.8, 4) is 0 Å². The number of methoxy groups -OCH3 is 1. The average Bonchev–Trinajstić information content (AvgIpc) is 2.03. The molecule has 64 valence electrons. The molecule has 0 aliphatic heterocycles. The van der Waals surface area contributed by atoms with Crippen molar-refractivity contribution < 1.29 is 14.3 Å². The van der Waals surface area contributed by atoms with Crippen LogP contribution in [0.25, 0.3) is 0 Å². The van der Waals surface area contributed by atoms with Gasteiger partial charge in [-0.1, -0.05) is 17.7 Å². The van der Waals surface area contributed by atoms with Crippen LogP contribution in [0, 0.1) is 0 Å². The highest BCUT2D eigenvalue weighted by atomic mass is 35.5. The Balaban J connectivity index is 3.43. The molecule has 0 N–H and O–H groups in total. The van der Waals surface area contributed by atoms with Crippen LogP contribution >= 0.6 is 11.6 Å². The van der Waals surface area contributed by atoms with Gasteiger partial charge in [0.05, 0.1) is 13.7 Å². The van der Waals surface area contributed by atoms with Gasteiger partial charge in [0.25, 0.3) is 0 Å². The van der Waals surface area contributed by atoms with Crippen LogP contribution in [-0.2, 0) is 14.3 Å². The second kappa shape index (κ2) is 6.19. The Morgan fingerprint density at radius 1 is 1.82 bits per heavy atom. The van der Waals surface area contributed by atoms with E-state index in [0.29, 0.717) is 13.0 Å². The first-order valence-electron chi connectivity index (χ1n) is 3.16. The van der Waals surface area contributed by atoms with Gasteiger partial charge in [0.1, 0.15) is 0 Å². The molecule has 0 aromatic heterocycles. The van der Waals surface area contributed by atoms with Gasteiger partial charge < -0.3 is 9.47 Å². The molecular weight excluding hydrogens is 168 g/mol. The molecule has 4 heteroatoms. The van der Waals surface area contributed by atoms with Gasteiger partial charge in [-0.2, -0.15) is 0 Å². The highest BCUT2D eigenvalue weighted by Gasteiger charge is 2.14. The van der Waals surface area contributed by atoms with Gasteiger partial charge >= 0.3 is 5.97 Å². The number of esters is 1. The summed E-state index contributed by atoms with van der Waals surface area (Å²) in [5, 5.41) is 0. The molecular formula is C7H11ClO3. The molecule has 0 bridgehead atoms. The highest BCUT2D eigenvalue weighted by Crippen LogP contribution is 2.01. The second-order valence-electron chi connectivity index (χ2n) is 1.79. The number of alkyl halides is 1. The number of ether oxygens (including phenoxy) is 2. The van der Waals surface area contributed by atoms with Crippen molar-refractivity contribution in [3.05, 3.63) is 12.7 Å². The standard InChI is InChI=1S/C7H11ClO3/c1-3-4-5-11-6(8)7(9)10-2/h3,6H,1,4-5H2,2H3. The van der Waals surface area contributed by atoms with Crippen LogP contribution in [0.3, 0.4) is 0 Å². The van der Waals surface area contributed by atoms with E-state index in [9.17, 15) is 4.79 Å². The molecule has 0 heterocycles. The minimum Gasteiger partial charge on any atom is -0.466 e. The zero-order chi connectivity index (χ0) is 8.69. The van der Waals surface area contributed by atoms with Gasteiger partial charge in [0, 0.05) is 0 Å².